The highest BCUT2D eigenvalue weighted by Crippen LogP contribution is 2.24. The predicted octanol–water partition coefficient (Wildman–Crippen LogP) is 0.705. The lowest BCUT2D eigenvalue weighted by atomic mass is 10.2. The maximum absolute atomic E-state index is 5.25. The maximum atomic E-state index is 5.25. The summed E-state index contributed by atoms with van der Waals surface area (Å²) in [6.45, 7) is 5.05. The van der Waals surface area contributed by atoms with Crippen molar-refractivity contribution in [2.45, 2.75) is 13.0 Å². The van der Waals surface area contributed by atoms with Gasteiger partial charge in [-0.2, -0.15) is 0 Å². The summed E-state index contributed by atoms with van der Waals surface area (Å²) in [6, 6.07) is 0.485. The molecule has 1 fully saturated rings. The van der Waals surface area contributed by atoms with Gasteiger partial charge in [0.05, 0.1) is 13.3 Å². The van der Waals surface area contributed by atoms with Crippen LogP contribution >= 0.6 is 12.4 Å². The molecular formula is C10H17ClN4O. The largest absolute Gasteiger partial charge is 0.491 e. The summed E-state index contributed by atoms with van der Waals surface area (Å²) < 4.78 is 5.25. The first kappa shape index (κ1) is 13.0. The van der Waals surface area contributed by atoms with Crippen LogP contribution in [0.1, 0.15) is 6.92 Å². The molecule has 2 rings (SSSR count). The van der Waals surface area contributed by atoms with Crippen molar-refractivity contribution >= 4 is 18.2 Å². The fourth-order valence-electron chi connectivity index (χ4n) is 1.82. The van der Waals surface area contributed by atoms with Crippen LogP contribution in [0.25, 0.3) is 0 Å². The molecule has 1 saturated heterocycles. The van der Waals surface area contributed by atoms with Gasteiger partial charge in [0.2, 0.25) is 0 Å². The molecule has 90 valence electrons. The first-order valence-corrected chi connectivity index (χ1v) is 5.13. The summed E-state index contributed by atoms with van der Waals surface area (Å²) in [6.07, 6.45) is 3.26. The molecule has 1 N–H and O–H groups in total. The molecule has 5 nitrogen and oxygen atoms in total. The summed E-state index contributed by atoms with van der Waals surface area (Å²) in [5, 5.41) is 3.39. The van der Waals surface area contributed by atoms with E-state index < -0.39 is 0 Å². The Bertz CT molecular complexity index is 336. The monoisotopic (exact) mass is 244 g/mol. The second-order valence-electron chi connectivity index (χ2n) is 3.72. The van der Waals surface area contributed by atoms with Crippen molar-refractivity contribution in [1.82, 2.24) is 15.3 Å². The van der Waals surface area contributed by atoms with Gasteiger partial charge in [-0.05, 0) is 6.92 Å². The molecule has 1 aliphatic heterocycles. The van der Waals surface area contributed by atoms with Gasteiger partial charge in [-0.1, -0.05) is 0 Å². The first-order valence-electron chi connectivity index (χ1n) is 5.13. The van der Waals surface area contributed by atoms with Gasteiger partial charge >= 0.3 is 0 Å². The fraction of sp³-hybridized carbons (Fsp3) is 0.600. The summed E-state index contributed by atoms with van der Waals surface area (Å²) in [5.74, 6) is 1.63. The molecule has 0 spiro atoms. The van der Waals surface area contributed by atoms with Gasteiger partial charge in [-0.3, -0.25) is 0 Å². The number of aromatic nitrogens is 2. The average Bonchev–Trinajstić information content (AvgIpc) is 2.29. The smallest absolute Gasteiger partial charge is 0.179 e. The minimum Gasteiger partial charge on any atom is -0.491 e. The van der Waals surface area contributed by atoms with Gasteiger partial charge in [-0.15, -0.1) is 12.4 Å². The van der Waals surface area contributed by atoms with Gasteiger partial charge in [0.15, 0.2) is 11.6 Å². The highest BCUT2D eigenvalue weighted by Gasteiger charge is 2.19. The van der Waals surface area contributed by atoms with Crippen LogP contribution in [-0.2, 0) is 0 Å². The van der Waals surface area contributed by atoms with Crippen molar-refractivity contribution in [2.24, 2.45) is 0 Å². The number of hydrogen-bond donors (Lipinski definition) is 1. The van der Waals surface area contributed by atoms with E-state index >= 15 is 0 Å². The quantitative estimate of drug-likeness (QED) is 0.830. The van der Waals surface area contributed by atoms with Gasteiger partial charge < -0.3 is 15.0 Å². The molecule has 0 aliphatic carbocycles. The normalized spacial score (nSPS) is 20.1. The maximum Gasteiger partial charge on any atom is 0.179 e. The van der Waals surface area contributed by atoms with Crippen LogP contribution in [-0.4, -0.2) is 42.8 Å². The van der Waals surface area contributed by atoms with Crippen LogP contribution in [0.5, 0.6) is 5.75 Å². The standard InChI is InChI=1S/C10H16N4O.ClH/c1-8-6-14(4-3-12-8)10-9(15-2)5-11-7-13-10;/h5,7-8,12H,3-4,6H2,1-2H3;1H/t8-;/m0./s1. The Kier molecular flexibility index (Phi) is 4.76. The van der Waals surface area contributed by atoms with E-state index in [2.05, 4.69) is 27.1 Å². The number of ether oxygens (including phenoxy) is 1. The molecular weight excluding hydrogens is 228 g/mol. The summed E-state index contributed by atoms with van der Waals surface area (Å²) in [5.41, 5.74) is 0. The molecule has 0 amide bonds. The predicted molar refractivity (Wildman–Crippen MR) is 65.5 cm³/mol. The molecule has 0 aromatic carbocycles. The molecule has 1 aromatic heterocycles. The molecule has 0 bridgehead atoms. The average molecular weight is 245 g/mol. The van der Waals surface area contributed by atoms with Crippen LogP contribution in [0, 0.1) is 0 Å². The van der Waals surface area contributed by atoms with Gasteiger partial charge in [0.1, 0.15) is 6.33 Å². The van der Waals surface area contributed by atoms with Crippen LogP contribution in [0.3, 0.4) is 0 Å². The van der Waals surface area contributed by atoms with Crippen molar-refractivity contribution < 1.29 is 4.74 Å². The van der Waals surface area contributed by atoms with E-state index in [0.717, 1.165) is 31.2 Å². The third-order valence-electron chi connectivity index (χ3n) is 2.55. The first-order chi connectivity index (χ1) is 7.31. The molecule has 2 heterocycles. The number of methoxy groups -OCH3 is 1. The van der Waals surface area contributed by atoms with Crippen molar-refractivity contribution in [3.05, 3.63) is 12.5 Å². The number of rotatable bonds is 2. The second-order valence-corrected chi connectivity index (χ2v) is 3.72. The Hall–Kier alpha value is -1.07. The summed E-state index contributed by atoms with van der Waals surface area (Å²) in [7, 11) is 1.65. The van der Waals surface area contributed by atoms with Crippen molar-refractivity contribution in [3.63, 3.8) is 0 Å². The summed E-state index contributed by atoms with van der Waals surface area (Å²) in [4.78, 5) is 10.4. The molecule has 1 atom stereocenters. The number of nitrogens with one attached hydrogen (secondary N) is 1. The molecule has 0 saturated carbocycles. The van der Waals surface area contributed by atoms with E-state index in [1.165, 1.54) is 0 Å². The zero-order chi connectivity index (χ0) is 10.7. The Morgan fingerprint density at radius 2 is 2.38 bits per heavy atom. The Balaban J connectivity index is 0.00000128. The van der Waals surface area contributed by atoms with Crippen molar-refractivity contribution in [2.75, 3.05) is 31.6 Å². The summed E-state index contributed by atoms with van der Waals surface area (Å²) >= 11 is 0. The lowest BCUT2D eigenvalue weighted by Crippen LogP contribution is -2.49. The third kappa shape index (κ3) is 2.74. The van der Waals surface area contributed by atoms with Gasteiger partial charge in [0, 0.05) is 25.7 Å². The van der Waals surface area contributed by atoms with Crippen molar-refractivity contribution in [1.29, 1.82) is 0 Å². The van der Waals surface area contributed by atoms with E-state index in [4.69, 9.17) is 4.74 Å². The molecule has 6 heteroatoms. The molecule has 1 aromatic rings. The zero-order valence-electron chi connectivity index (χ0n) is 9.51. The van der Waals surface area contributed by atoms with Gasteiger partial charge in [-0.25, -0.2) is 9.97 Å². The highest BCUT2D eigenvalue weighted by molar-refractivity contribution is 5.85. The number of halogens is 1. The van der Waals surface area contributed by atoms with Crippen LogP contribution in [0.4, 0.5) is 5.82 Å². The molecule has 16 heavy (non-hydrogen) atoms. The number of nitrogens with zero attached hydrogens (tertiary/aromatic N) is 3. The number of piperazine rings is 1. The Morgan fingerprint density at radius 3 is 3.06 bits per heavy atom. The zero-order valence-corrected chi connectivity index (χ0v) is 10.3. The number of hydrogen-bond acceptors (Lipinski definition) is 5. The van der Waals surface area contributed by atoms with E-state index in [1.54, 1.807) is 19.6 Å². The molecule has 0 radical (unpaired) electrons. The Morgan fingerprint density at radius 1 is 1.56 bits per heavy atom. The highest BCUT2D eigenvalue weighted by atomic mass is 35.5. The van der Waals surface area contributed by atoms with Crippen LogP contribution < -0.4 is 15.0 Å². The fourth-order valence-corrected chi connectivity index (χ4v) is 1.82. The topological polar surface area (TPSA) is 50.3 Å². The van der Waals surface area contributed by atoms with E-state index in [0.29, 0.717) is 6.04 Å². The second kappa shape index (κ2) is 5.86. The lowest BCUT2D eigenvalue weighted by Gasteiger charge is -2.33. The van der Waals surface area contributed by atoms with Crippen LogP contribution in [0.2, 0.25) is 0 Å². The van der Waals surface area contributed by atoms with E-state index in [1.807, 2.05) is 0 Å². The van der Waals surface area contributed by atoms with E-state index in [9.17, 15) is 0 Å². The lowest BCUT2D eigenvalue weighted by molar-refractivity contribution is 0.405. The molecule has 1 aliphatic rings. The number of anilines is 1. The Labute approximate surface area is 102 Å². The molecule has 0 unspecified atom stereocenters. The third-order valence-corrected chi connectivity index (χ3v) is 2.55. The van der Waals surface area contributed by atoms with Gasteiger partial charge in [0.25, 0.3) is 0 Å². The SMILES string of the molecule is COc1cncnc1N1CCN[C@@H](C)C1.Cl. The van der Waals surface area contributed by atoms with Crippen LogP contribution in [0.15, 0.2) is 12.5 Å². The van der Waals surface area contributed by atoms with Crippen molar-refractivity contribution in [3.8, 4) is 5.75 Å². The minimum absolute atomic E-state index is 0. The minimum atomic E-state index is 0. The van der Waals surface area contributed by atoms with E-state index in [-0.39, 0.29) is 12.4 Å².